The minimum Gasteiger partial charge on any atom is -0.394 e. The Morgan fingerprint density at radius 3 is 2.79 bits per heavy atom. The van der Waals surface area contributed by atoms with E-state index in [1.807, 2.05) is 0 Å². The van der Waals surface area contributed by atoms with E-state index in [4.69, 9.17) is 10.8 Å². The summed E-state index contributed by atoms with van der Waals surface area (Å²) in [4.78, 5) is 14.8. The number of aliphatic hydroxyl groups is 2. The van der Waals surface area contributed by atoms with Crippen LogP contribution in [-0.4, -0.2) is 32.5 Å². The topological polar surface area (TPSA) is 101 Å². The maximum absolute atomic E-state index is 11.3. The van der Waals surface area contributed by atoms with Gasteiger partial charge in [0.1, 0.15) is 5.82 Å². The molecule has 0 saturated heterocycles. The minimum absolute atomic E-state index is 0.119. The molecule has 6 nitrogen and oxygen atoms in total. The molecule has 0 radical (unpaired) electrons. The molecule has 6 heteroatoms. The van der Waals surface area contributed by atoms with E-state index in [1.54, 1.807) is 0 Å². The molecule has 78 valence electrons. The molecule has 0 aliphatic rings. The van der Waals surface area contributed by atoms with Gasteiger partial charge in [-0.2, -0.15) is 4.98 Å². The Kier molecular flexibility index (Phi) is 3.21. The molecule has 1 aromatic heterocycles. The highest BCUT2D eigenvalue weighted by Crippen LogP contribution is 2.07. The lowest BCUT2D eigenvalue weighted by Gasteiger charge is -2.19. The molecule has 0 saturated carbocycles. The molecule has 0 spiro atoms. The van der Waals surface area contributed by atoms with Crippen molar-refractivity contribution in [2.75, 3.05) is 12.3 Å². The van der Waals surface area contributed by atoms with Gasteiger partial charge in [-0.3, -0.25) is 4.57 Å². The Hall–Kier alpha value is -1.40. The van der Waals surface area contributed by atoms with Gasteiger partial charge in [0, 0.05) is 6.20 Å². The van der Waals surface area contributed by atoms with Crippen molar-refractivity contribution in [3.63, 3.8) is 0 Å². The van der Waals surface area contributed by atoms with E-state index in [1.165, 1.54) is 19.2 Å². The normalized spacial score (nSPS) is 15.1. The third-order valence-electron chi connectivity index (χ3n) is 1.95. The quantitative estimate of drug-likeness (QED) is 0.564. The zero-order valence-corrected chi connectivity index (χ0v) is 7.79. The molecule has 0 aliphatic carbocycles. The number of nitrogens with zero attached hydrogens (tertiary/aromatic N) is 2. The van der Waals surface area contributed by atoms with Crippen LogP contribution in [0.1, 0.15) is 13.0 Å². The summed E-state index contributed by atoms with van der Waals surface area (Å²) in [6.45, 7) is 1.16. The summed E-state index contributed by atoms with van der Waals surface area (Å²) in [5.74, 6) is 0.119. The van der Waals surface area contributed by atoms with Gasteiger partial charge in [-0.1, -0.05) is 0 Å². The molecule has 0 bridgehead atoms. The number of rotatable bonds is 3. The van der Waals surface area contributed by atoms with Crippen molar-refractivity contribution in [1.82, 2.24) is 9.55 Å². The van der Waals surface area contributed by atoms with E-state index < -0.39 is 17.8 Å². The highest BCUT2D eigenvalue weighted by atomic mass is 16.3. The van der Waals surface area contributed by atoms with Crippen LogP contribution >= 0.6 is 0 Å². The van der Waals surface area contributed by atoms with Crippen molar-refractivity contribution in [1.29, 1.82) is 0 Å². The molecular weight excluding hydrogens is 186 g/mol. The number of aromatic nitrogens is 2. The summed E-state index contributed by atoms with van der Waals surface area (Å²) in [5, 5.41) is 18.2. The van der Waals surface area contributed by atoms with Crippen molar-refractivity contribution in [3.8, 4) is 0 Å². The fourth-order valence-electron chi connectivity index (χ4n) is 1.15. The first-order chi connectivity index (χ1) is 6.56. The number of anilines is 1. The van der Waals surface area contributed by atoms with Gasteiger partial charge in [-0.15, -0.1) is 0 Å². The van der Waals surface area contributed by atoms with Gasteiger partial charge in [0.05, 0.1) is 18.8 Å². The zero-order valence-electron chi connectivity index (χ0n) is 7.79. The van der Waals surface area contributed by atoms with Crippen LogP contribution in [0.3, 0.4) is 0 Å². The lowest BCUT2D eigenvalue weighted by atomic mass is 10.2. The number of nitrogens with two attached hydrogens (primary N) is 1. The SMILES string of the molecule is C[C@@H](O)[C@@H](CO)n1ccc(N)nc1=O. The van der Waals surface area contributed by atoms with Gasteiger partial charge in [0.25, 0.3) is 0 Å². The van der Waals surface area contributed by atoms with Gasteiger partial charge in [0.2, 0.25) is 0 Å². The lowest BCUT2D eigenvalue weighted by molar-refractivity contribution is 0.0840. The van der Waals surface area contributed by atoms with Gasteiger partial charge < -0.3 is 15.9 Å². The van der Waals surface area contributed by atoms with E-state index in [0.29, 0.717) is 0 Å². The largest absolute Gasteiger partial charge is 0.394 e. The highest BCUT2D eigenvalue weighted by molar-refractivity contribution is 5.23. The lowest BCUT2D eigenvalue weighted by Crippen LogP contribution is -2.34. The van der Waals surface area contributed by atoms with Gasteiger partial charge >= 0.3 is 5.69 Å². The van der Waals surface area contributed by atoms with E-state index >= 15 is 0 Å². The third kappa shape index (κ3) is 2.09. The first kappa shape index (κ1) is 10.7. The molecule has 1 heterocycles. The summed E-state index contributed by atoms with van der Waals surface area (Å²) in [6, 6.07) is 0.752. The molecule has 0 aromatic carbocycles. The fraction of sp³-hybridized carbons (Fsp3) is 0.500. The third-order valence-corrected chi connectivity index (χ3v) is 1.95. The van der Waals surface area contributed by atoms with Gasteiger partial charge in [-0.05, 0) is 13.0 Å². The van der Waals surface area contributed by atoms with Crippen molar-refractivity contribution >= 4 is 5.82 Å². The van der Waals surface area contributed by atoms with Crippen LogP contribution in [0.4, 0.5) is 5.82 Å². The first-order valence-corrected chi connectivity index (χ1v) is 4.20. The standard InChI is InChI=1S/C8H13N3O3/c1-5(13)6(4-12)11-3-2-7(9)10-8(11)14/h2-3,5-6,12-13H,4H2,1H3,(H2,9,10,14)/t5-,6-/m1/s1. The molecule has 14 heavy (non-hydrogen) atoms. The van der Waals surface area contributed by atoms with Crippen molar-refractivity contribution in [3.05, 3.63) is 22.7 Å². The smallest absolute Gasteiger partial charge is 0.349 e. The second kappa shape index (κ2) is 4.21. The summed E-state index contributed by atoms with van der Waals surface area (Å²) >= 11 is 0. The summed E-state index contributed by atoms with van der Waals surface area (Å²) in [7, 11) is 0. The van der Waals surface area contributed by atoms with E-state index in [9.17, 15) is 9.90 Å². The summed E-state index contributed by atoms with van der Waals surface area (Å²) < 4.78 is 1.15. The monoisotopic (exact) mass is 199 g/mol. The fourth-order valence-corrected chi connectivity index (χ4v) is 1.15. The van der Waals surface area contributed by atoms with E-state index in [0.717, 1.165) is 4.57 Å². The van der Waals surface area contributed by atoms with Gasteiger partial charge in [-0.25, -0.2) is 4.79 Å². The van der Waals surface area contributed by atoms with E-state index in [-0.39, 0.29) is 12.4 Å². The Balaban J connectivity index is 3.11. The van der Waals surface area contributed by atoms with E-state index in [2.05, 4.69) is 4.98 Å². The summed E-state index contributed by atoms with van der Waals surface area (Å²) in [5.41, 5.74) is 4.72. The Bertz CT molecular complexity index is 361. The number of hydrogen-bond acceptors (Lipinski definition) is 5. The second-order valence-corrected chi connectivity index (χ2v) is 3.03. The van der Waals surface area contributed by atoms with Crippen molar-refractivity contribution in [2.24, 2.45) is 0 Å². The maximum atomic E-state index is 11.3. The average Bonchev–Trinajstić information content (AvgIpc) is 2.09. The van der Waals surface area contributed by atoms with Crippen LogP contribution in [0, 0.1) is 0 Å². The molecule has 0 amide bonds. The molecule has 4 N–H and O–H groups in total. The molecule has 0 fully saturated rings. The number of nitrogen functional groups attached to an aromatic ring is 1. The second-order valence-electron chi connectivity index (χ2n) is 3.03. The highest BCUT2D eigenvalue weighted by Gasteiger charge is 2.17. The molecule has 1 rings (SSSR count). The molecule has 0 unspecified atom stereocenters. The maximum Gasteiger partial charge on any atom is 0.349 e. The first-order valence-electron chi connectivity index (χ1n) is 4.20. The predicted octanol–water partition coefficient (Wildman–Crippen LogP) is -1.26. The number of aliphatic hydroxyl groups excluding tert-OH is 2. The predicted molar refractivity (Wildman–Crippen MR) is 50.7 cm³/mol. The molecular formula is C8H13N3O3. The molecule has 1 aromatic rings. The number of hydrogen-bond donors (Lipinski definition) is 3. The van der Waals surface area contributed by atoms with Crippen molar-refractivity contribution < 1.29 is 10.2 Å². The zero-order chi connectivity index (χ0) is 10.7. The Labute approximate surface area is 80.6 Å². The van der Waals surface area contributed by atoms with Crippen LogP contribution in [0.25, 0.3) is 0 Å². The van der Waals surface area contributed by atoms with Gasteiger partial charge in [0.15, 0.2) is 0 Å². The average molecular weight is 199 g/mol. The van der Waals surface area contributed by atoms with Crippen LogP contribution in [-0.2, 0) is 0 Å². The van der Waals surface area contributed by atoms with Crippen molar-refractivity contribution in [2.45, 2.75) is 19.1 Å². The molecule has 2 atom stereocenters. The van der Waals surface area contributed by atoms with Crippen LogP contribution < -0.4 is 11.4 Å². The van der Waals surface area contributed by atoms with Crippen LogP contribution in [0.2, 0.25) is 0 Å². The molecule has 0 aliphatic heterocycles. The van der Waals surface area contributed by atoms with Crippen LogP contribution in [0.5, 0.6) is 0 Å². The summed E-state index contributed by atoms with van der Waals surface area (Å²) in [6.07, 6.45) is 0.571. The Morgan fingerprint density at radius 2 is 2.36 bits per heavy atom. The Morgan fingerprint density at radius 1 is 1.71 bits per heavy atom. The minimum atomic E-state index is -0.830. The van der Waals surface area contributed by atoms with Crippen LogP contribution in [0.15, 0.2) is 17.1 Å².